The molecule has 0 bridgehead atoms. The number of methoxy groups -OCH3 is 1. The quantitative estimate of drug-likeness (QED) is 0.719. The summed E-state index contributed by atoms with van der Waals surface area (Å²) in [6.45, 7) is 6.40. The third-order valence-corrected chi connectivity index (χ3v) is 2.19. The molecular formula is C13H21NO2. The third-order valence-electron chi connectivity index (χ3n) is 2.19. The standard InChI is InChI=1S/C13H21NO2/c1-11(2)14-10-12-4-6-13(7-5-12)16-9-8-15-3/h4-7,11,14H,8-10H2,1-3H3. The molecule has 3 heteroatoms. The monoisotopic (exact) mass is 223 g/mol. The van der Waals surface area contributed by atoms with Crippen LogP contribution in [0.15, 0.2) is 24.3 Å². The Morgan fingerprint density at radius 2 is 1.81 bits per heavy atom. The molecule has 90 valence electrons. The second kappa shape index (κ2) is 7.25. The fraction of sp³-hybridized carbons (Fsp3) is 0.538. The van der Waals surface area contributed by atoms with E-state index in [9.17, 15) is 0 Å². The van der Waals surface area contributed by atoms with E-state index in [1.54, 1.807) is 7.11 Å². The van der Waals surface area contributed by atoms with Gasteiger partial charge in [0, 0.05) is 19.7 Å². The second-order valence-electron chi connectivity index (χ2n) is 4.02. The highest BCUT2D eigenvalue weighted by Gasteiger charge is 1.97. The summed E-state index contributed by atoms with van der Waals surface area (Å²) in [7, 11) is 1.67. The van der Waals surface area contributed by atoms with Crippen LogP contribution < -0.4 is 10.1 Å². The lowest BCUT2D eigenvalue weighted by Gasteiger charge is -2.09. The number of hydrogen-bond acceptors (Lipinski definition) is 3. The van der Waals surface area contributed by atoms with Gasteiger partial charge in [-0.3, -0.25) is 0 Å². The van der Waals surface area contributed by atoms with Gasteiger partial charge in [-0.05, 0) is 17.7 Å². The predicted molar refractivity (Wildman–Crippen MR) is 65.8 cm³/mol. The summed E-state index contributed by atoms with van der Waals surface area (Å²) in [6.07, 6.45) is 0. The van der Waals surface area contributed by atoms with E-state index in [1.165, 1.54) is 5.56 Å². The largest absolute Gasteiger partial charge is 0.491 e. The highest BCUT2D eigenvalue weighted by Crippen LogP contribution is 2.12. The zero-order valence-electron chi connectivity index (χ0n) is 10.3. The molecule has 0 fully saturated rings. The van der Waals surface area contributed by atoms with E-state index in [4.69, 9.17) is 9.47 Å². The maximum atomic E-state index is 5.48. The van der Waals surface area contributed by atoms with Crippen molar-refractivity contribution in [3.63, 3.8) is 0 Å². The molecule has 0 saturated heterocycles. The first-order valence-corrected chi connectivity index (χ1v) is 5.66. The van der Waals surface area contributed by atoms with Gasteiger partial charge in [-0.25, -0.2) is 0 Å². The lowest BCUT2D eigenvalue weighted by atomic mass is 10.2. The van der Waals surface area contributed by atoms with Gasteiger partial charge in [0.25, 0.3) is 0 Å². The van der Waals surface area contributed by atoms with E-state index >= 15 is 0 Å². The minimum absolute atomic E-state index is 0.512. The first-order valence-electron chi connectivity index (χ1n) is 5.66. The Labute approximate surface area is 97.8 Å². The van der Waals surface area contributed by atoms with E-state index in [0.29, 0.717) is 19.3 Å². The zero-order chi connectivity index (χ0) is 11.8. The molecule has 0 aliphatic carbocycles. The number of benzene rings is 1. The summed E-state index contributed by atoms with van der Waals surface area (Å²) in [4.78, 5) is 0. The highest BCUT2D eigenvalue weighted by molar-refractivity contribution is 5.27. The van der Waals surface area contributed by atoms with Crippen LogP contribution in [0.4, 0.5) is 0 Å². The van der Waals surface area contributed by atoms with Crippen molar-refractivity contribution in [1.82, 2.24) is 5.32 Å². The van der Waals surface area contributed by atoms with Crippen LogP contribution in [0.5, 0.6) is 5.75 Å². The average molecular weight is 223 g/mol. The molecule has 3 nitrogen and oxygen atoms in total. The SMILES string of the molecule is COCCOc1ccc(CNC(C)C)cc1. The van der Waals surface area contributed by atoms with E-state index in [1.807, 2.05) is 12.1 Å². The van der Waals surface area contributed by atoms with E-state index in [-0.39, 0.29) is 0 Å². The van der Waals surface area contributed by atoms with Crippen LogP contribution in [-0.4, -0.2) is 26.4 Å². The van der Waals surface area contributed by atoms with Crippen molar-refractivity contribution in [3.05, 3.63) is 29.8 Å². The normalized spacial score (nSPS) is 10.8. The maximum absolute atomic E-state index is 5.48. The number of ether oxygens (including phenoxy) is 2. The van der Waals surface area contributed by atoms with Crippen LogP contribution in [0.1, 0.15) is 19.4 Å². The van der Waals surface area contributed by atoms with Crippen molar-refractivity contribution in [2.75, 3.05) is 20.3 Å². The summed E-state index contributed by atoms with van der Waals surface area (Å²) < 4.78 is 10.4. The Hall–Kier alpha value is -1.06. The number of rotatable bonds is 7. The van der Waals surface area contributed by atoms with E-state index in [2.05, 4.69) is 31.3 Å². The lowest BCUT2D eigenvalue weighted by Crippen LogP contribution is -2.21. The van der Waals surface area contributed by atoms with Crippen LogP contribution >= 0.6 is 0 Å². The predicted octanol–water partition coefficient (Wildman–Crippen LogP) is 2.21. The molecule has 0 amide bonds. The molecule has 1 aromatic carbocycles. The molecule has 1 rings (SSSR count). The van der Waals surface area contributed by atoms with Crippen molar-refractivity contribution in [2.24, 2.45) is 0 Å². The Kier molecular flexibility index (Phi) is 5.90. The summed E-state index contributed by atoms with van der Waals surface area (Å²) in [5.74, 6) is 0.894. The summed E-state index contributed by atoms with van der Waals surface area (Å²) in [6, 6.07) is 8.66. The van der Waals surface area contributed by atoms with Crippen LogP contribution in [0.3, 0.4) is 0 Å². The van der Waals surface area contributed by atoms with Gasteiger partial charge in [-0.1, -0.05) is 26.0 Å². The molecular weight excluding hydrogens is 202 g/mol. The second-order valence-corrected chi connectivity index (χ2v) is 4.02. The van der Waals surface area contributed by atoms with Gasteiger partial charge in [0.2, 0.25) is 0 Å². The van der Waals surface area contributed by atoms with Crippen molar-refractivity contribution >= 4 is 0 Å². The molecule has 1 N–H and O–H groups in total. The molecule has 0 atom stereocenters. The Balaban J connectivity index is 2.35. The van der Waals surface area contributed by atoms with Crippen LogP contribution in [0, 0.1) is 0 Å². The Morgan fingerprint density at radius 1 is 1.12 bits per heavy atom. The third kappa shape index (κ3) is 5.14. The van der Waals surface area contributed by atoms with Gasteiger partial charge < -0.3 is 14.8 Å². The molecule has 0 heterocycles. The van der Waals surface area contributed by atoms with Gasteiger partial charge in [0.05, 0.1) is 6.61 Å². The van der Waals surface area contributed by atoms with Crippen molar-refractivity contribution < 1.29 is 9.47 Å². The fourth-order valence-corrected chi connectivity index (χ4v) is 1.27. The molecule has 0 aliphatic heterocycles. The van der Waals surface area contributed by atoms with Crippen LogP contribution in [-0.2, 0) is 11.3 Å². The van der Waals surface area contributed by atoms with Gasteiger partial charge in [0.1, 0.15) is 12.4 Å². The Morgan fingerprint density at radius 3 is 2.38 bits per heavy atom. The van der Waals surface area contributed by atoms with Crippen molar-refractivity contribution in [3.8, 4) is 5.75 Å². The smallest absolute Gasteiger partial charge is 0.119 e. The number of hydrogen-bond donors (Lipinski definition) is 1. The Bertz CT molecular complexity index is 282. The minimum Gasteiger partial charge on any atom is -0.491 e. The van der Waals surface area contributed by atoms with Gasteiger partial charge in [-0.15, -0.1) is 0 Å². The molecule has 0 aliphatic rings. The number of nitrogens with one attached hydrogen (secondary N) is 1. The molecule has 0 unspecified atom stereocenters. The van der Waals surface area contributed by atoms with Crippen molar-refractivity contribution in [1.29, 1.82) is 0 Å². The maximum Gasteiger partial charge on any atom is 0.119 e. The molecule has 0 aromatic heterocycles. The van der Waals surface area contributed by atoms with Crippen LogP contribution in [0.25, 0.3) is 0 Å². The highest BCUT2D eigenvalue weighted by atomic mass is 16.5. The van der Waals surface area contributed by atoms with Gasteiger partial charge >= 0.3 is 0 Å². The van der Waals surface area contributed by atoms with E-state index in [0.717, 1.165) is 12.3 Å². The van der Waals surface area contributed by atoms with Gasteiger partial charge in [-0.2, -0.15) is 0 Å². The zero-order valence-corrected chi connectivity index (χ0v) is 10.3. The summed E-state index contributed by atoms with van der Waals surface area (Å²) >= 11 is 0. The molecule has 16 heavy (non-hydrogen) atoms. The van der Waals surface area contributed by atoms with E-state index < -0.39 is 0 Å². The summed E-state index contributed by atoms with van der Waals surface area (Å²) in [5, 5.41) is 3.37. The molecule has 0 spiro atoms. The average Bonchev–Trinajstić information content (AvgIpc) is 2.28. The topological polar surface area (TPSA) is 30.5 Å². The molecule has 0 saturated carbocycles. The molecule has 1 aromatic rings. The minimum atomic E-state index is 0.512. The van der Waals surface area contributed by atoms with Gasteiger partial charge in [0.15, 0.2) is 0 Å². The van der Waals surface area contributed by atoms with Crippen LogP contribution in [0.2, 0.25) is 0 Å². The summed E-state index contributed by atoms with van der Waals surface area (Å²) in [5.41, 5.74) is 1.27. The first kappa shape index (κ1) is 13.0. The fourth-order valence-electron chi connectivity index (χ4n) is 1.27. The van der Waals surface area contributed by atoms with Crippen molar-refractivity contribution in [2.45, 2.75) is 26.4 Å². The molecule has 0 radical (unpaired) electrons. The first-order chi connectivity index (χ1) is 7.72. The lowest BCUT2D eigenvalue weighted by molar-refractivity contribution is 0.146.